The summed E-state index contributed by atoms with van der Waals surface area (Å²) < 4.78 is 7.36. The van der Waals surface area contributed by atoms with Crippen molar-refractivity contribution in [2.45, 2.75) is 30.6 Å². The van der Waals surface area contributed by atoms with E-state index in [2.05, 4.69) is 6.07 Å². The molecule has 0 aliphatic carbocycles. The number of hydrogen-bond acceptors (Lipinski definition) is 7. The first kappa shape index (κ1) is 22.3. The summed E-state index contributed by atoms with van der Waals surface area (Å²) in [6.45, 7) is -0.567. The van der Waals surface area contributed by atoms with Gasteiger partial charge in [0.05, 0.1) is 17.9 Å². The standard InChI is InChI=1S/C24H22N2O5S/c25-12-17-16(14-7-3-1-4-8-14)11-18(15-9-5-2-6-10-15)26(24(17)32)23-22(30)21(29)20(28)19(13-27)31-23/h1-11,19-23,27-30H,13H2/t19-,20+,21+,22+,23-/m0/s1. The topological polar surface area (TPSA) is 119 Å². The predicted octanol–water partition coefficient (Wildman–Crippen LogP) is 2.40. The molecular weight excluding hydrogens is 428 g/mol. The average molecular weight is 451 g/mol. The molecule has 5 atom stereocenters. The summed E-state index contributed by atoms with van der Waals surface area (Å²) in [4.78, 5) is 0. The van der Waals surface area contributed by atoms with Gasteiger partial charge in [0.2, 0.25) is 0 Å². The van der Waals surface area contributed by atoms with E-state index in [9.17, 15) is 25.7 Å². The van der Waals surface area contributed by atoms with E-state index >= 15 is 0 Å². The second-order valence-electron chi connectivity index (χ2n) is 7.56. The molecule has 2 heterocycles. The summed E-state index contributed by atoms with van der Waals surface area (Å²) in [5.74, 6) is 0. The Labute approximate surface area is 190 Å². The van der Waals surface area contributed by atoms with Crippen LogP contribution in [-0.4, -0.2) is 56.0 Å². The molecule has 1 aliphatic rings. The molecule has 32 heavy (non-hydrogen) atoms. The number of ether oxygens (including phenoxy) is 1. The Hall–Kier alpha value is -2.90. The van der Waals surface area contributed by atoms with Crippen molar-refractivity contribution in [3.8, 4) is 28.5 Å². The van der Waals surface area contributed by atoms with E-state index in [0.29, 0.717) is 11.3 Å². The maximum atomic E-state index is 10.8. The Morgan fingerprint density at radius 1 is 0.906 bits per heavy atom. The molecule has 164 valence electrons. The maximum Gasteiger partial charge on any atom is 0.164 e. The van der Waals surface area contributed by atoms with Gasteiger partial charge in [-0.2, -0.15) is 5.26 Å². The molecule has 0 bridgehead atoms. The van der Waals surface area contributed by atoms with Gasteiger partial charge < -0.3 is 29.7 Å². The van der Waals surface area contributed by atoms with E-state index in [1.54, 1.807) is 6.07 Å². The van der Waals surface area contributed by atoms with E-state index in [1.807, 2.05) is 60.7 Å². The van der Waals surface area contributed by atoms with E-state index in [1.165, 1.54) is 4.57 Å². The van der Waals surface area contributed by atoms with Crippen LogP contribution in [0.3, 0.4) is 0 Å². The monoisotopic (exact) mass is 450 g/mol. The van der Waals surface area contributed by atoms with E-state index in [-0.39, 0.29) is 10.2 Å². The Balaban J connectivity index is 2.00. The van der Waals surface area contributed by atoms with Crippen LogP contribution in [0.25, 0.3) is 22.4 Å². The van der Waals surface area contributed by atoms with Crippen LogP contribution in [0.4, 0.5) is 0 Å². The molecule has 8 heteroatoms. The summed E-state index contributed by atoms with van der Waals surface area (Å²) in [7, 11) is 0. The highest BCUT2D eigenvalue weighted by atomic mass is 32.1. The van der Waals surface area contributed by atoms with Crippen molar-refractivity contribution in [2.24, 2.45) is 0 Å². The minimum absolute atomic E-state index is 0.108. The molecule has 0 amide bonds. The van der Waals surface area contributed by atoms with Crippen LogP contribution in [0.2, 0.25) is 0 Å². The lowest BCUT2D eigenvalue weighted by Crippen LogP contribution is -2.56. The predicted molar refractivity (Wildman–Crippen MR) is 120 cm³/mol. The van der Waals surface area contributed by atoms with E-state index in [0.717, 1.165) is 11.1 Å². The van der Waals surface area contributed by atoms with Crippen molar-refractivity contribution in [3.63, 3.8) is 0 Å². The minimum atomic E-state index is -1.57. The Bertz CT molecular complexity index is 1190. The first-order chi connectivity index (χ1) is 15.5. The van der Waals surface area contributed by atoms with Gasteiger partial charge in [0.25, 0.3) is 0 Å². The van der Waals surface area contributed by atoms with Gasteiger partial charge in [-0.25, -0.2) is 0 Å². The lowest BCUT2D eigenvalue weighted by atomic mass is 9.95. The lowest BCUT2D eigenvalue weighted by molar-refractivity contribution is -0.251. The van der Waals surface area contributed by atoms with E-state index in [4.69, 9.17) is 17.0 Å². The van der Waals surface area contributed by atoms with Crippen molar-refractivity contribution < 1.29 is 25.2 Å². The Morgan fingerprint density at radius 2 is 1.50 bits per heavy atom. The van der Waals surface area contributed by atoms with Gasteiger partial charge in [-0.05, 0) is 17.2 Å². The molecule has 0 radical (unpaired) electrons. The fraction of sp³-hybridized carbons (Fsp3) is 0.250. The smallest absolute Gasteiger partial charge is 0.164 e. The van der Waals surface area contributed by atoms with Crippen LogP contribution in [0, 0.1) is 16.0 Å². The van der Waals surface area contributed by atoms with Gasteiger partial charge in [0.15, 0.2) is 6.23 Å². The number of aromatic nitrogens is 1. The summed E-state index contributed by atoms with van der Waals surface area (Å²) >= 11 is 5.69. The maximum absolute atomic E-state index is 10.8. The van der Waals surface area contributed by atoms with Crippen molar-refractivity contribution in [2.75, 3.05) is 6.61 Å². The number of aliphatic hydroxyl groups is 4. The highest BCUT2D eigenvalue weighted by molar-refractivity contribution is 7.71. The van der Waals surface area contributed by atoms with Crippen LogP contribution >= 0.6 is 12.2 Å². The second kappa shape index (κ2) is 9.30. The number of nitrogens with zero attached hydrogens (tertiary/aromatic N) is 2. The first-order valence-electron chi connectivity index (χ1n) is 10.1. The fourth-order valence-corrected chi connectivity index (χ4v) is 4.31. The Morgan fingerprint density at radius 3 is 2.06 bits per heavy atom. The molecule has 4 rings (SSSR count). The molecule has 0 spiro atoms. The zero-order chi connectivity index (χ0) is 22.8. The molecule has 4 N–H and O–H groups in total. The quantitative estimate of drug-likeness (QED) is 0.451. The van der Waals surface area contributed by atoms with Crippen LogP contribution in [0.15, 0.2) is 66.7 Å². The second-order valence-corrected chi connectivity index (χ2v) is 7.94. The molecule has 1 fully saturated rings. The van der Waals surface area contributed by atoms with Gasteiger partial charge in [0.1, 0.15) is 35.1 Å². The molecule has 2 aromatic carbocycles. The lowest BCUT2D eigenvalue weighted by Gasteiger charge is -2.41. The molecule has 0 saturated carbocycles. The van der Waals surface area contributed by atoms with Gasteiger partial charge >= 0.3 is 0 Å². The number of rotatable bonds is 4. The van der Waals surface area contributed by atoms with Crippen molar-refractivity contribution in [3.05, 3.63) is 76.9 Å². The van der Waals surface area contributed by atoms with Crippen molar-refractivity contribution in [1.29, 1.82) is 5.26 Å². The molecule has 7 nitrogen and oxygen atoms in total. The summed E-state index contributed by atoms with van der Waals surface area (Å²) in [6, 6.07) is 22.5. The Kier molecular flexibility index (Phi) is 6.48. The largest absolute Gasteiger partial charge is 0.394 e. The third-order valence-corrected chi connectivity index (χ3v) is 6.03. The van der Waals surface area contributed by atoms with Crippen molar-refractivity contribution >= 4 is 12.2 Å². The number of hydrogen-bond donors (Lipinski definition) is 4. The normalized spacial score (nSPS) is 25.3. The minimum Gasteiger partial charge on any atom is -0.394 e. The van der Waals surface area contributed by atoms with Gasteiger partial charge in [-0.15, -0.1) is 0 Å². The van der Waals surface area contributed by atoms with Crippen LogP contribution in [0.5, 0.6) is 0 Å². The third kappa shape index (κ3) is 3.87. The molecule has 1 aromatic heterocycles. The first-order valence-corrected chi connectivity index (χ1v) is 10.5. The molecular formula is C24H22N2O5S. The zero-order valence-corrected chi connectivity index (χ0v) is 17.8. The third-order valence-electron chi connectivity index (χ3n) is 5.63. The van der Waals surface area contributed by atoms with Crippen molar-refractivity contribution in [1.82, 2.24) is 4.57 Å². The van der Waals surface area contributed by atoms with Crippen LogP contribution in [0.1, 0.15) is 11.8 Å². The fourth-order valence-electron chi connectivity index (χ4n) is 3.96. The highest BCUT2D eigenvalue weighted by Gasteiger charge is 2.45. The molecule has 1 aliphatic heterocycles. The SMILES string of the molecule is N#Cc1c(-c2ccccc2)cc(-c2ccccc2)n([C@H]2O[C@@H](CO)[C@@H](O)[C@@H](O)[C@H]2O)c1=S. The molecule has 1 saturated heterocycles. The summed E-state index contributed by atoms with van der Waals surface area (Å²) in [5.41, 5.74) is 2.93. The summed E-state index contributed by atoms with van der Waals surface area (Å²) in [5, 5.41) is 50.8. The average Bonchev–Trinajstić information content (AvgIpc) is 2.84. The van der Waals surface area contributed by atoms with Crippen LogP contribution in [-0.2, 0) is 4.74 Å². The number of benzene rings is 2. The number of pyridine rings is 1. The van der Waals surface area contributed by atoms with Gasteiger partial charge in [0, 0.05) is 5.56 Å². The molecule has 3 aromatic rings. The number of aliphatic hydroxyl groups excluding tert-OH is 4. The number of nitriles is 1. The van der Waals surface area contributed by atoms with Crippen LogP contribution < -0.4 is 0 Å². The summed E-state index contributed by atoms with van der Waals surface area (Å²) in [6.07, 6.45) is -6.96. The zero-order valence-electron chi connectivity index (χ0n) is 16.9. The van der Waals surface area contributed by atoms with Gasteiger partial charge in [-0.3, -0.25) is 0 Å². The molecule has 0 unspecified atom stereocenters. The van der Waals surface area contributed by atoms with E-state index < -0.39 is 37.3 Å². The highest BCUT2D eigenvalue weighted by Crippen LogP contribution is 2.37. The van der Waals surface area contributed by atoms with Gasteiger partial charge in [-0.1, -0.05) is 72.9 Å².